The van der Waals surface area contributed by atoms with E-state index in [1.165, 1.54) is 0 Å². The van der Waals surface area contributed by atoms with E-state index >= 15 is 0 Å². The predicted molar refractivity (Wildman–Crippen MR) is 127 cm³/mol. The van der Waals surface area contributed by atoms with Gasteiger partial charge in [0.2, 0.25) is 0 Å². The topological polar surface area (TPSA) is 46.5 Å². The van der Waals surface area contributed by atoms with Crippen LogP contribution in [0.2, 0.25) is 0 Å². The van der Waals surface area contributed by atoms with E-state index in [0.717, 1.165) is 27.8 Å². The van der Waals surface area contributed by atoms with Crippen molar-refractivity contribution in [2.45, 2.75) is 27.2 Å². The standard InChI is InChI=1S/C27H27ClO3/c1-27(2,3)26(30)31-23-15-11-21(12-16-23)25(20-9-13-22(29)14-10-20)24(17-18-28)19-7-5-4-6-8-19/h4-16,29H,17-18H2,1-3H3/b25-24+. The summed E-state index contributed by atoms with van der Waals surface area (Å²) >= 11 is 6.18. The molecule has 0 spiro atoms. The Labute approximate surface area is 189 Å². The molecule has 0 unspecified atom stereocenters. The molecule has 0 heterocycles. The van der Waals surface area contributed by atoms with Gasteiger partial charge in [0.15, 0.2) is 0 Å². The first-order chi connectivity index (χ1) is 14.8. The van der Waals surface area contributed by atoms with Gasteiger partial charge >= 0.3 is 5.97 Å². The second-order valence-electron chi connectivity index (χ2n) is 8.37. The zero-order valence-corrected chi connectivity index (χ0v) is 18.8. The lowest BCUT2D eigenvalue weighted by Crippen LogP contribution is -2.25. The first-order valence-corrected chi connectivity index (χ1v) is 10.8. The molecule has 160 valence electrons. The quantitative estimate of drug-likeness (QED) is 0.198. The zero-order valence-electron chi connectivity index (χ0n) is 18.1. The van der Waals surface area contributed by atoms with Crippen LogP contribution in [-0.4, -0.2) is 17.0 Å². The van der Waals surface area contributed by atoms with Crippen molar-refractivity contribution in [3.05, 3.63) is 95.6 Å². The fourth-order valence-electron chi connectivity index (χ4n) is 3.24. The Morgan fingerprint density at radius 1 is 0.839 bits per heavy atom. The summed E-state index contributed by atoms with van der Waals surface area (Å²) < 4.78 is 5.52. The lowest BCUT2D eigenvalue weighted by molar-refractivity contribution is -0.142. The number of alkyl halides is 1. The molecule has 3 nitrogen and oxygen atoms in total. The molecule has 0 aliphatic rings. The second-order valence-corrected chi connectivity index (χ2v) is 8.75. The summed E-state index contributed by atoms with van der Waals surface area (Å²) in [6, 6.07) is 24.8. The predicted octanol–water partition coefficient (Wildman–Crippen LogP) is 6.93. The van der Waals surface area contributed by atoms with Crippen molar-refractivity contribution < 1.29 is 14.6 Å². The monoisotopic (exact) mass is 434 g/mol. The molecule has 0 radical (unpaired) electrons. The van der Waals surface area contributed by atoms with Crippen molar-refractivity contribution in [1.29, 1.82) is 0 Å². The van der Waals surface area contributed by atoms with Crippen LogP contribution in [0.25, 0.3) is 11.1 Å². The van der Waals surface area contributed by atoms with E-state index < -0.39 is 5.41 Å². The number of halogens is 1. The molecule has 0 fully saturated rings. The lowest BCUT2D eigenvalue weighted by atomic mass is 9.88. The Hall–Kier alpha value is -3.04. The molecule has 0 atom stereocenters. The Morgan fingerprint density at radius 2 is 1.39 bits per heavy atom. The third-order valence-electron chi connectivity index (χ3n) is 4.89. The maximum atomic E-state index is 12.2. The average Bonchev–Trinajstić information content (AvgIpc) is 2.75. The van der Waals surface area contributed by atoms with Crippen LogP contribution in [0, 0.1) is 5.41 Å². The normalized spacial score (nSPS) is 12.3. The Balaban J connectivity index is 2.11. The third kappa shape index (κ3) is 5.77. The van der Waals surface area contributed by atoms with Crippen molar-refractivity contribution in [2.24, 2.45) is 5.41 Å². The van der Waals surface area contributed by atoms with E-state index in [9.17, 15) is 9.90 Å². The number of rotatable bonds is 6. The number of ether oxygens (including phenoxy) is 1. The van der Waals surface area contributed by atoms with Gasteiger partial charge in [-0.25, -0.2) is 0 Å². The van der Waals surface area contributed by atoms with Crippen molar-refractivity contribution in [3.8, 4) is 11.5 Å². The SMILES string of the molecule is CC(C)(C)C(=O)Oc1ccc(/C(=C(\CCCl)c2ccccc2)c2ccc(O)cc2)cc1. The first kappa shape index (κ1) is 22.6. The van der Waals surface area contributed by atoms with Crippen LogP contribution in [0.4, 0.5) is 0 Å². The van der Waals surface area contributed by atoms with Gasteiger partial charge in [0.25, 0.3) is 0 Å². The molecule has 0 saturated carbocycles. The van der Waals surface area contributed by atoms with Crippen molar-refractivity contribution >= 4 is 28.7 Å². The van der Waals surface area contributed by atoms with Crippen molar-refractivity contribution in [2.75, 3.05) is 5.88 Å². The molecular formula is C27H27ClO3. The highest BCUT2D eigenvalue weighted by molar-refractivity contribution is 6.18. The molecule has 0 saturated heterocycles. The minimum atomic E-state index is -0.573. The molecule has 31 heavy (non-hydrogen) atoms. The molecule has 0 bridgehead atoms. The summed E-state index contributed by atoms with van der Waals surface area (Å²) in [5, 5.41) is 9.77. The van der Waals surface area contributed by atoms with E-state index in [4.69, 9.17) is 16.3 Å². The highest BCUT2D eigenvalue weighted by Crippen LogP contribution is 2.36. The van der Waals surface area contributed by atoms with E-state index in [-0.39, 0.29) is 11.7 Å². The van der Waals surface area contributed by atoms with E-state index in [1.807, 2.05) is 75.4 Å². The number of hydrogen-bond acceptors (Lipinski definition) is 3. The van der Waals surface area contributed by atoms with Gasteiger partial charge in [0, 0.05) is 5.88 Å². The van der Waals surface area contributed by atoms with Crippen LogP contribution in [0.5, 0.6) is 11.5 Å². The number of carbonyl (C=O) groups is 1. The third-order valence-corrected chi connectivity index (χ3v) is 5.08. The van der Waals surface area contributed by atoms with Gasteiger partial charge in [0.1, 0.15) is 11.5 Å². The molecule has 0 amide bonds. The van der Waals surface area contributed by atoms with Crippen LogP contribution < -0.4 is 4.74 Å². The maximum Gasteiger partial charge on any atom is 0.316 e. The number of hydrogen-bond donors (Lipinski definition) is 1. The summed E-state index contributed by atoms with van der Waals surface area (Å²) in [6.07, 6.45) is 0.683. The zero-order chi connectivity index (χ0) is 22.4. The largest absolute Gasteiger partial charge is 0.508 e. The number of phenolic OH excluding ortho intramolecular Hbond substituents is 1. The summed E-state index contributed by atoms with van der Waals surface area (Å²) in [5.41, 5.74) is 4.61. The molecule has 0 aliphatic heterocycles. The van der Waals surface area contributed by atoms with Crippen LogP contribution in [0.1, 0.15) is 43.9 Å². The summed E-state index contributed by atoms with van der Waals surface area (Å²) in [4.78, 5) is 12.2. The number of benzene rings is 3. The summed E-state index contributed by atoms with van der Waals surface area (Å²) in [6.45, 7) is 5.48. The molecule has 0 aromatic heterocycles. The molecule has 3 aromatic rings. The lowest BCUT2D eigenvalue weighted by Gasteiger charge is -2.18. The smallest absolute Gasteiger partial charge is 0.316 e. The van der Waals surface area contributed by atoms with Crippen LogP contribution in [0.15, 0.2) is 78.9 Å². The Kier molecular flexibility index (Phi) is 7.19. The Bertz CT molecular complexity index is 1040. The van der Waals surface area contributed by atoms with Gasteiger partial charge in [0.05, 0.1) is 5.41 Å². The Morgan fingerprint density at radius 3 is 1.90 bits per heavy atom. The van der Waals surface area contributed by atoms with Crippen LogP contribution in [-0.2, 0) is 4.79 Å². The van der Waals surface area contributed by atoms with Crippen LogP contribution in [0.3, 0.4) is 0 Å². The van der Waals surface area contributed by atoms with Gasteiger partial charge in [-0.15, -0.1) is 11.6 Å². The molecule has 3 aromatic carbocycles. The highest BCUT2D eigenvalue weighted by atomic mass is 35.5. The van der Waals surface area contributed by atoms with Crippen molar-refractivity contribution in [1.82, 2.24) is 0 Å². The second kappa shape index (κ2) is 9.84. The van der Waals surface area contributed by atoms with Gasteiger partial charge < -0.3 is 9.84 Å². The molecular weight excluding hydrogens is 408 g/mol. The van der Waals surface area contributed by atoms with E-state index in [2.05, 4.69) is 12.1 Å². The molecule has 1 N–H and O–H groups in total. The summed E-state index contributed by atoms with van der Waals surface area (Å²) in [5.74, 6) is 0.924. The number of phenols is 1. The van der Waals surface area contributed by atoms with Gasteiger partial charge in [-0.3, -0.25) is 4.79 Å². The fourth-order valence-corrected chi connectivity index (χ4v) is 3.43. The minimum Gasteiger partial charge on any atom is -0.508 e. The van der Waals surface area contributed by atoms with Crippen LogP contribution >= 0.6 is 11.6 Å². The number of esters is 1. The molecule has 3 rings (SSSR count). The van der Waals surface area contributed by atoms with Gasteiger partial charge in [-0.2, -0.15) is 0 Å². The molecule has 0 aliphatic carbocycles. The fraction of sp³-hybridized carbons (Fsp3) is 0.222. The number of allylic oxidation sites excluding steroid dienone is 1. The minimum absolute atomic E-state index is 0.214. The van der Waals surface area contributed by atoms with Gasteiger partial charge in [-0.1, -0.05) is 54.6 Å². The van der Waals surface area contributed by atoms with Crippen molar-refractivity contribution in [3.63, 3.8) is 0 Å². The van der Waals surface area contributed by atoms with E-state index in [0.29, 0.717) is 18.1 Å². The number of aromatic hydroxyl groups is 1. The van der Waals surface area contributed by atoms with E-state index in [1.54, 1.807) is 12.1 Å². The average molecular weight is 435 g/mol. The maximum absolute atomic E-state index is 12.2. The first-order valence-electron chi connectivity index (χ1n) is 10.3. The highest BCUT2D eigenvalue weighted by Gasteiger charge is 2.23. The number of carbonyl (C=O) groups excluding carboxylic acids is 1. The molecule has 4 heteroatoms. The summed E-state index contributed by atoms with van der Waals surface area (Å²) in [7, 11) is 0. The van der Waals surface area contributed by atoms with Gasteiger partial charge in [-0.05, 0) is 79.3 Å².